The first kappa shape index (κ1) is 16.0. The van der Waals surface area contributed by atoms with E-state index in [1.54, 1.807) is 14.0 Å². The van der Waals surface area contributed by atoms with E-state index in [2.05, 4.69) is 9.97 Å². The molecule has 1 heterocycles. The molecule has 0 aliphatic heterocycles. The lowest BCUT2D eigenvalue weighted by Gasteiger charge is -2.27. The van der Waals surface area contributed by atoms with Gasteiger partial charge in [-0.25, -0.2) is 9.97 Å². The van der Waals surface area contributed by atoms with Gasteiger partial charge in [0.05, 0.1) is 18.5 Å². The van der Waals surface area contributed by atoms with Crippen molar-refractivity contribution in [1.82, 2.24) is 9.97 Å². The summed E-state index contributed by atoms with van der Waals surface area (Å²) in [5.41, 5.74) is 1.83. The minimum atomic E-state index is -0.694. The minimum absolute atomic E-state index is 0.229. The molecular formula is C17H19ClN2O3. The molecular weight excluding hydrogens is 316 g/mol. The lowest BCUT2D eigenvalue weighted by atomic mass is 9.78. The third kappa shape index (κ3) is 3.11. The maximum Gasteiger partial charge on any atom is 0.306 e. The monoisotopic (exact) mass is 334 g/mol. The zero-order valence-corrected chi connectivity index (χ0v) is 13.9. The minimum Gasteiger partial charge on any atom is -0.496 e. The molecule has 0 saturated heterocycles. The molecule has 1 aliphatic carbocycles. The molecule has 6 heteroatoms. The number of benzene rings is 1. The Balaban J connectivity index is 1.99. The van der Waals surface area contributed by atoms with Crippen molar-refractivity contribution >= 4 is 28.5 Å². The van der Waals surface area contributed by atoms with Crippen molar-refractivity contribution in [1.29, 1.82) is 0 Å². The maximum atomic E-state index is 11.1. The van der Waals surface area contributed by atoms with Crippen molar-refractivity contribution in [3.05, 3.63) is 28.7 Å². The number of hydrogen-bond donors (Lipinski definition) is 1. The average Bonchev–Trinajstić information content (AvgIpc) is 2.53. The van der Waals surface area contributed by atoms with Gasteiger partial charge in [-0.2, -0.15) is 0 Å². The molecule has 1 N–H and O–H groups in total. The van der Waals surface area contributed by atoms with Crippen LogP contribution in [0.25, 0.3) is 10.9 Å². The third-order valence-electron chi connectivity index (χ3n) is 4.63. The van der Waals surface area contributed by atoms with Crippen LogP contribution in [0, 0.1) is 12.8 Å². The molecule has 5 nitrogen and oxygen atoms in total. The molecule has 2 aromatic rings. The second kappa shape index (κ2) is 6.32. The Hall–Kier alpha value is -1.88. The van der Waals surface area contributed by atoms with E-state index in [0.29, 0.717) is 23.8 Å². The van der Waals surface area contributed by atoms with Crippen LogP contribution in [0.5, 0.6) is 5.75 Å². The van der Waals surface area contributed by atoms with Gasteiger partial charge in [-0.3, -0.25) is 4.79 Å². The van der Waals surface area contributed by atoms with Crippen molar-refractivity contribution in [2.24, 2.45) is 5.92 Å². The Labute approximate surface area is 139 Å². The van der Waals surface area contributed by atoms with Gasteiger partial charge in [0.2, 0.25) is 0 Å². The highest BCUT2D eigenvalue weighted by Crippen LogP contribution is 2.41. The van der Waals surface area contributed by atoms with Gasteiger partial charge in [0.1, 0.15) is 16.7 Å². The number of hydrogen-bond acceptors (Lipinski definition) is 4. The van der Waals surface area contributed by atoms with Crippen LogP contribution in [-0.2, 0) is 4.79 Å². The molecule has 1 saturated carbocycles. The summed E-state index contributed by atoms with van der Waals surface area (Å²) in [5.74, 6) is 0.764. The van der Waals surface area contributed by atoms with E-state index in [-0.39, 0.29) is 11.8 Å². The summed E-state index contributed by atoms with van der Waals surface area (Å²) in [6.45, 7) is 1.80. The number of aromatic nitrogens is 2. The Kier molecular flexibility index (Phi) is 4.39. The van der Waals surface area contributed by atoms with Gasteiger partial charge in [0.25, 0.3) is 0 Å². The summed E-state index contributed by atoms with van der Waals surface area (Å²) in [6.07, 6.45) is 3.06. The molecule has 3 rings (SSSR count). The van der Waals surface area contributed by atoms with Crippen LogP contribution in [0.4, 0.5) is 0 Å². The van der Waals surface area contributed by atoms with Crippen LogP contribution in [0.2, 0.25) is 5.15 Å². The Morgan fingerprint density at radius 3 is 2.57 bits per heavy atom. The maximum absolute atomic E-state index is 11.1. The quantitative estimate of drug-likeness (QED) is 0.860. The highest BCUT2D eigenvalue weighted by molar-refractivity contribution is 6.34. The van der Waals surface area contributed by atoms with E-state index in [1.807, 2.05) is 12.1 Å². The normalized spacial score (nSPS) is 21.3. The fourth-order valence-electron chi connectivity index (χ4n) is 3.39. The second-order valence-electron chi connectivity index (χ2n) is 6.06. The fraction of sp³-hybridized carbons (Fsp3) is 0.471. The van der Waals surface area contributed by atoms with E-state index in [1.165, 1.54) is 0 Å². The van der Waals surface area contributed by atoms with Gasteiger partial charge in [-0.05, 0) is 50.2 Å². The first-order chi connectivity index (χ1) is 11.0. The number of nitrogens with zero attached hydrogens (tertiary/aromatic N) is 2. The van der Waals surface area contributed by atoms with Gasteiger partial charge in [-0.15, -0.1) is 0 Å². The van der Waals surface area contributed by atoms with Gasteiger partial charge in [0.15, 0.2) is 0 Å². The molecule has 1 fully saturated rings. The van der Waals surface area contributed by atoms with Crippen LogP contribution in [0.3, 0.4) is 0 Å². The number of rotatable bonds is 3. The third-order valence-corrected chi connectivity index (χ3v) is 4.92. The van der Waals surface area contributed by atoms with Gasteiger partial charge < -0.3 is 9.84 Å². The van der Waals surface area contributed by atoms with Crippen LogP contribution in [-0.4, -0.2) is 28.2 Å². The number of fused-ring (bicyclic) bond motifs is 1. The highest BCUT2D eigenvalue weighted by Gasteiger charge is 2.28. The zero-order valence-electron chi connectivity index (χ0n) is 13.2. The summed E-state index contributed by atoms with van der Waals surface area (Å²) in [6, 6.07) is 3.90. The topological polar surface area (TPSA) is 72.3 Å². The number of aliphatic carboxylic acids is 1. The van der Waals surface area contributed by atoms with Gasteiger partial charge in [-0.1, -0.05) is 11.6 Å². The second-order valence-corrected chi connectivity index (χ2v) is 6.42. The average molecular weight is 335 g/mol. The van der Waals surface area contributed by atoms with Crippen molar-refractivity contribution in [3.63, 3.8) is 0 Å². The number of ether oxygens (including phenoxy) is 1. The van der Waals surface area contributed by atoms with E-state index in [9.17, 15) is 4.79 Å². The molecule has 23 heavy (non-hydrogen) atoms. The summed E-state index contributed by atoms with van der Waals surface area (Å²) < 4.78 is 5.54. The lowest BCUT2D eigenvalue weighted by Crippen LogP contribution is -2.20. The zero-order chi connectivity index (χ0) is 16.6. The SMILES string of the molecule is COc1cc2nc(C)nc(Cl)c2cc1C1CCC(C(=O)O)CC1. The molecule has 0 radical (unpaired) electrons. The molecule has 0 bridgehead atoms. The van der Waals surface area contributed by atoms with E-state index in [0.717, 1.165) is 35.1 Å². The number of halogens is 1. The number of carbonyl (C=O) groups is 1. The summed E-state index contributed by atoms with van der Waals surface area (Å²) in [4.78, 5) is 19.7. The first-order valence-corrected chi connectivity index (χ1v) is 8.12. The molecule has 0 amide bonds. The number of carboxylic acids is 1. The number of aryl methyl sites for hydroxylation is 1. The standard InChI is InChI=1S/C17H19ClN2O3/c1-9-19-14-8-15(23-2)12(7-13(14)16(18)20-9)10-3-5-11(6-4-10)17(21)22/h7-8,10-11H,3-6H2,1-2H3,(H,21,22). The van der Waals surface area contributed by atoms with Gasteiger partial charge in [0, 0.05) is 11.5 Å². The van der Waals surface area contributed by atoms with Crippen molar-refractivity contribution in [3.8, 4) is 5.75 Å². The number of methoxy groups -OCH3 is 1. The Morgan fingerprint density at radius 2 is 1.96 bits per heavy atom. The van der Waals surface area contributed by atoms with Crippen LogP contribution in [0.1, 0.15) is 43.0 Å². The predicted molar refractivity (Wildman–Crippen MR) is 88.2 cm³/mol. The summed E-state index contributed by atoms with van der Waals surface area (Å²) >= 11 is 6.26. The Bertz CT molecular complexity index is 755. The largest absolute Gasteiger partial charge is 0.496 e. The van der Waals surface area contributed by atoms with E-state index >= 15 is 0 Å². The van der Waals surface area contributed by atoms with Gasteiger partial charge >= 0.3 is 5.97 Å². The number of carboxylic acid groups (broad SMARTS) is 1. The smallest absolute Gasteiger partial charge is 0.306 e. The molecule has 0 spiro atoms. The van der Waals surface area contributed by atoms with Crippen molar-refractivity contribution < 1.29 is 14.6 Å². The molecule has 1 aliphatic rings. The van der Waals surface area contributed by atoms with E-state index < -0.39 is 5.97 Å². The van der Waals surface area contributed by atoms with E-state index in [4.69, 9.17) is 21.4 Å². The molecule has 1 aromatic heterocycles. The first-order valence-electron chi connectivity index (χ1n) is 7.74. The van der Waals surface area contributed by atoms with Crippen LogP contribution in [0.15, 0.2) is 12.1 Å². The lowest BCUT2D eigenvalue weighted by molar-refractivity contribution is -0.142. The summed E-state index contributed by atoms with van der Waals surface area (Å²) in [7, 11) is 1.64. The van der Waals surface area contributed by atoms with Crippen LogP contribution < -0.4 is 4.74 Å². The predicted octanol–water partition coefficient (Wildman–Crippen LogP) is 3.96. The molecule has 1 aromatic carbocycles. The molecule has 0 atom stereocenters. The fourth-order valence-corrected chi connectivity index (χ4v) is 3.67. The van der Waals surface area contributed by atoms with Crippen molar-refractivity contribution in [2.75, 3.05) is 7.11 Å². The Morgan fingerprint density at radius 1 is 1.26 bits per heavy atom. The van der Waals surface area contributed by atoms with Crippen LogP contribution >= 0.6 is 11.6 Å². The molecule has 122 valence electrons. The molecule has 0 unspecified atom stereocenters. The summed E-state index contributed by atoms with van der Waals surface area (Å²) in [5, 5.41) is 10.4. The van der Waals surface area contributed by atoms with Crippen molar-refractivity contribution in [2.45, 2.75) is 38.5 Å². The highest BCUT2D eigenvalue weighted by atomic mass is 35.5.